The largest absolute Gasteiger partial charge is 0.491 e. The van der Waals surface area contributed by atoms with Gasteiger partial charge >= 0.3 is 0 Å². The molecule has 1 saturated heterocycles. The monoisotopic (exact) mass is 513 g/mol. The standard InChI is InChI=1S/C21H31N5O2.HI/c1-16-6-7-18(20(11-16)28-15-19-5-4-10-27-19)13-24-21(22-2)23-9-8-17-12-25-26(3)14-17;/h6-7,11-12,14,19H,4-5,8-10,13,15H2,1-3H3,(H2,22,23,24);1H. The molecule has 1 aliphatic rings. The Balaban J connectivity index is 0.00000300. The van der Waals surface area contributed by atoms with E-state index in [1.54, 1.807) is 7.05 Å². The molecule has 1 unspecified atom stereocenters. The van der Waals surface area contributed by atoms with Crippen LogP contribution in [-0.2, 0) is 24.8 Å². The van der Waals surface area contributed by atoms with Crippen LogP contribution in [0.1, 0.15) is 29.5 Å². The molecule has 160 valence electrons. The summed E-state index contributed by atoms with van der Waals surface area (Å²) in [6, 6.07) is 6.30. The first-order valence-corrected chi connectivity index (χ1v) is 9.90. The molecule has 7 nitrogen and oxygen atoms in total. The van der Waals surface area contributed by atoms with Crippen LogP contribution in [-0.4, -0.2) is 48.7 Å². The Bertz CT molecular complexity index is 787. The van der Waals surface area contributed by atoms with Crippen LogP contribution in [0.4, 0.5) is 0 Å². The maximum atomic E-state index is 6.07. The van der Waals surface area contributed by atoms with Crippen molar-refractivity contribution in [1.29, 1.82) is 0 Å². The van der Waals surface area contributed by atoms with E-state index in [0.29, 0.717) is 13.2 Å². The average Bonchev–Trinajstić information content (AvgIpc) is 3.35. The first kappa shape index (κ1) is 23.5. The zero-order valence-corrected chi connectivity index (χ0v) is 19.8. The van der Waals surface area contributed by atoms with E-state index in [1.165, 1.54) is 11.1 Å². The topological polar surface area (TPSA) is 72.7 Å². The van der Waals surface area contributed by atoms with Gasteiger partial charge in [-0.2, -0.15) is 5.10 Å². The van der Waals surface area contributed by atoms with E-state index >= 15 is 0 Å². The van der Waals surface area contributed by atoms with Crippen molar-refractivity contribution in [2.24, 2.45) is 12.0 Å². The second kappa shape index (κ2) is 12.0. The minimum absolute atomic E-state index is 0. The number of hydrogen-bond acceptors (Lipinski definition) is 4. The van der Waals surface area contributed by atoms with Crippen molar-refractivity contribution in [1.82, 2.24) is 20.4 Å². The van der Waals surface area contributed by atoms with Crippen molar-refractivity contribution < 1.29 is 9.47 Å². The molecule has 0 saturated carbocycles. The van der Waals surface area contributed by atoms with Crippen LogP contribution >= 0.6 is 24.0 Å². The number of aliphatic imine (C=N–C) groups is 1. The van der Waals surface area contributed by atoms with E-state index in [-0.39, 0.29) is 30.1 Å². The van der Waals surface area contributed by atoms with Crippen molar-refractivity contribution >= 4 is 29.9 Å². The van der Waals surface area contributed by atoms with Crippen molar-refractivity contribution in [3.8, 4) is 5.75 Å². The molecule has 0 amide bonds. The van der Waals surface area contributed by atoms with Crippen LogP contribution in [0.3, 0.4) is 0 Å². The summed E-state index contributed by atoms with van der Waals surface area (Å²) < 4.78 is 13.6. The third-order valence-electron chi connectivity index (χ3n) is 4.81. The SMILES string of the molecule is CN=C(NCCc1cnn(C)c1)NCc1ccc(C)cc1OCC1CCCO1.I. The van der Waals surface area contributed by atoms with Gasteiger partial charge in [-0.3, -0.25) is 9.67 Å². The summed E-state index contributed by atoms with van der Waals surface area (Å²) in [5, 5.41) is 10.9. The minimum atomic E-state index is 0. The number of aryl methyl sites for hydroxylation is 2. The number of halogens is 1. The lowest BCUT2D eigenvalue weighted by Gasteiger charge is -2.17. The summed E-state index contributed by atoms with van der Waals surface area (Å²) in [5.41, 5.74) is 3.50. The average molecular weight is 513 g/mol. The Hall–Kier alpha value is -1.81. The number of guanidine groups is 1. The number of aromatic nitrogens is 2. The molecule has 29 heavy (non-hydrogen) atoms. The molecule has 0 radical (unpaired) electrons. The van der Waals surface area contributed by atoms with Gasteiger partial charge in [0.1, 0.15) is 12.4 Å². The molecule has 1 fully saturated rings. The molecule has 2 aromatic rings. The Morgan fingerprint density at radius 3 is 2.93 bits per heavy atom. The lowest BCUT2D eigenvalue weighted by molar-refractivity contribution is 0.0676. The molecule has 0 bridgehead atoms. The summed E-state index contributed by atoms with van der Waals surface area (Å²) in [5.74, 6) is 1.68. The molecular weight excluding hydrogens is 481 g/mol. The first-order chi connectivity index (χ1) is 13.6. The van der Waals surface area contributed by atoms with Gasteiger partial charge in [0, 0.05) is 45.6 Å². The van der Waals surface area contributed by atoms with Crippen LogP contribution in [0.5, 0.6) is 5.75 Å². The number of benzene rings is 1. The Morgan fingerprint density at radius 1 is 1.38 bits per heavy atom. The van der Waals surface area contributed by atoms with Gasteiger partial charge in [0.05, 0.1) is 12.3 Å². The highest BCUT2D eigenvalue weighted by Crippen LogP contribution is 2.22. The normalized spacial score (nSPS) is 16.4. The second-order valence-corrected chi connectivity index (χ2v) is 7.18. The van der Waals surface area contributed by atoms with Crippen LogP contribution in [0, 0.1) is 6.92 Å². The van der Waals surface area contributed by atoms with Gasteiger partial charge in [-0.15, -0.1) is 24.0 Å². The summed E-state index contributed by atoms with van der Waals surface area (Å²) in [4.78, 5) is 4.31. The summed E-state index contributed by atoms with van der Waals surface area (Å²) in [6.07, 6.45) is 7.23. The predicted molar refractivity (Wildman–Crippen MR) is 126 cm³/mol. The quantitative estimate of drug-likeness (QED) is 0.323. The molecule has 0 spiro atoms. The van der Waals surface area contributed by atoms with E-state index in [4.69, 9.17) is 9.47 Å². The van der Waals surface area contributed by atoms with Gasteiger partial charge < -0.3 is 20.1 Å². The van der Waals surface area contributed by atoms with Crippen molar-refractivity contribution in [3.63, 3.8) is 0 Å². The predicted octanol–water partition coefficient (Wildman–Crippen LogP) is 2.81. The highest BCUT2D eigenvalue weighted by molar-refractivity contribution is 14.0. The van der Waals surface area contributed by atoms with Crippen molar-refractivity contribution in [3.05, 3.63) is 47.3 Å². The number of rotatable bonds is 8. The van der Waals surface area contributed by atoms with Crippen LogP contribution in [0.15, 0.2) is 35.6 Å². The molecule has 1 aromatic carbocycles. The molecule has 2 N–H and O–H groups in total. The fourth-order valence-corrected chi connectivity index (χ4v) is 3.23. The molecule has 1 aliphatic heterocycles. The lowest BCUT2D eigenvalue weighted by Crippen LogP contribution is -2.38. The summed E-state index contributed by atoms with van der Waals surface area (Å²) in [6.45, 7) is 4.97. The van der Waals surface area contributed by atoms with Gasteiger partial charge in [-0.05, 0) is 43.4 Å². The summed E-state index contributed by atoms with van der Waals surface area (Å²) in [7, 11) is 3.71. The van der Waals surface area contributed by atoms with E-state index < -0.39 is 0 Å². The van der Waals surface area contributed by atoms with Gasteiger partial charge in [-0.25, -0.2) is 0 Å². The Kier molecular flexibility index (Phi) is 9.72. The molecule has 3 rings (SSSR count). The molecular formula is C21H32IN5O2. The molecule has 8 heteroatoms. The van der Waals surface area contributed by atoms with Gasteiger partial charge in [0.15, 0.2) is 5.96 Å². The Morgan fingerprint density at radius 2 is 2.24 bits per heavy atom. The minimum Gasteiger partial charge on any atom is -0.491 e. The second-order valence-electron chi connectivity index (χ2n) is 7.18. The fourth-order valence-electron chi connectivity index (χ4n) is 3.23. The lowest BCUT2D eigenvalue weighted by atomic mass is 10.1. The van der Waals surface area contributed by atoms with Crippen LogP contribution in [0.25, 0.3) is 0 Å². The Labute approximate surface area is 190 Å². The van der Waals surface area contributed by atoms with Crippen LogP contribution < -0.4 is 15.4 Å². The smallest absolute Gasteiger partial charge is 0.191 e. The van der Waals surface area contributed by atoms with Crippen LogP contribution in [0.2, 0.25) is 0 Å². The summed E-state index contributed by atoms with van der Waals surface area (Å²) >= 11 is 0. The number of nitrogens with one attached hydrogen (secondary N) is 2. The zero-order chi connectivity index (χ0) is 19.8. The van der Waals surface area contributed by atoms with E-state index in [0.717, 1.165) is 49.7 Å². The zero-order valence-electron chi connectivity index (χ0n) is 17.5. The van der Waals surface area contributed by atoms with Gasteiger partial charge in [-0.1, -0.05) is 12.1 Å². The third-order valence-corrected chi connectivity index (χ3v) is 4.81. The first-order valence-electron chi connectivity index (χ1n) is 9.90. The molecule has 1 atom stereocenters. The van der Waals surface area contributed by atoms with Gasteiger partial charge in [0.25, 0.3) is 0 Å². The third kappa shape index (κ3) is 7.50. The number of nitrogens with zero attached hydrogens (tertiary/aromatic N) is 3. The maximum Gasteiger partial charge on any atom is 0.191 e. The van der Waals surface area contributed by atoms with E-state index in [2.05, 4.69) is 45.8 Å². The highest BCUT2D eigenvalue weighted by atomic mass is 127. The molecule has 1 aromatic heterocycles. The van der Waals surface area contributed by atoms with Crippen molar-refractivity contribution in [2.75, 3.05) is 26.8 Å². The fraction of sp³-hybridized carbons (Fsp3) is 0.524. The molecule has 2 heterocycles. The van der Waals surface area contributed by atoms with E-state index in [1.807, 2.05) is 24.1 Å². The van der Waals surface area contributed by atoms with Gasteiger partial charge in [0.2, 0.25) is 0 Å². The van der Waals surface area contributed by atoms with E-state index in [9.17, 15) is 0 Å². The van der Waals surface area contributed by atoms with Crippen molar-refractivity contribution in [2.45, 2.75) is 38.8 Å². The highest BCUT2D eigenvalue weighted by Gasteiger charge is 2.17. The number of hydrogen-bond donors (Lipinski definition) is 2. The molecule has 0 aliphatic carbocycles. The maximum absolute atomic E-state index is 6.07. The number of ether oxygens (including phenoxy) is 2.